The smallest absolute Gasteiger partial charge is 0.407 e. The molecular weight excluding hydrogens is 492 g/mol. The lowest BCUT2D eigenvalue weighted by atomic mass is 9.68. The molecule has 1 amide bonds. The van der Waals surface area contributed by atoms with Gasteiger partial charge in [-0.05, 0) is 36.5 Å². The molecule has 39 heavy (non-hydrogen) atoms. The van der Waals surface area contributed by atoms with Crippen molar-refractivity contribution in [1.82, 2.24) is 29.3 Å². The molecule has 0 aromatic carbocycles. The van der Waals surface area contributed by atoms with Gasteiger partial charge < -0.3 is 14.9 Å². The van der Waals surface area contributed by atoms with E-state index >= 15 is 0 Å². The molecule has 2 aliphatic rings. The zero-order chi connectivity index (χ0) is 27.5. The molecule has 4 aromatic heterocycles. The number of pyridine rings is 2. The lowest BCUT2D eigenvalue weighted by Gasteiger charge is -2.42. The maximum atomic E-state index is 12.0. The second kappa shape index (κ2) is 8.83. The number of carboxylic acid groups (broad SMARTS) is 1. The van der Waals surface area contributed by atoms with Crippen LogP contribution in [0.3, 0.4) is 0 Å². The summed E-state index contributed by atoms with van der Waals surface area (Å²) in [5.74, 6) is 0.880. The van der Waals surface area contributed by atoms with Gasteiger partial charge in [-0.15, -0.1) is 0 Å². The van der Waals surface area contributed by atoms with Crippen molar-refractivity contribution in [3.8, 4) is 28.3 Å². The number of nitriles is 1. The van der Waals surface area contributed by atoms with Crippen LogP contribution in [0.1, 0.15) is 39.2 Å². The van der Waals surface area contributed by atoms with Gasteiger partial charge in [0, 0.05) is 79.0 Å². The predicted molar refractivity (Wildman–Crippen MR) is 147 cm³/mol. The van der Waals surface area contributed by atoms with Crippen molar-refractivity contribution in [3.63, 3.8) is 0 Å². The van der Waals surface area contributed by atoms with Gasteiger partial charge in [-0.2, -0.15) is 15.5 Å². The average Bonchev–Trinajstić information content (AvgIpc) is 3.69. The Hall–Kier alpha value is -4.39. The second-order valence-corrected chi connectivity index (χ2v) is 11.9. The van der Waals surface area contributed by atoms with Gasteiger partial charge in [0.15, 0.2) is 0 Å². The monoisotopic (exact) mass is 524 g/mol. The number of carbonyl (C=O) groups is 1. The number of nitrogens with zero attached hydrogens (tertiary/aromatic N) is 8. The van der Waals surface area contributed by atoms with Crippen molar-refractivity contribution in [1.29, 1.82) is 5.26 Å². The van der Waals surface area contributed by atoms with Crippen molar-refractivity contribution in [2.75, 3.05) is 24.5 Å². The lowest BCUT2D eigenvalue weighted by molar-refractivity contribution is 0.0615. The first kappa shape index (κ1) is 24.9. The van der Waals surface area contributed by atoms with Crippen LogP contribution in [0.25, 0.3) is 27.8 Å². The molecule has 1 N–H and O–H groups in total. The highest BCUT2D eigenvalue weighted by Crippen LogP contribution is 2.51. The van der Waals surface area contributed by atoms with Gasteiger partial charge in [0.2, 0.25) is 0 Å². The molecule has 0 saturated carbocycles. The Kier molecular flexibility index (Phi) is 5.64. The largest absolute Gasteiger partial charge is 0.465 e. The maximum Gasteiger partial charge on any atom is 0.407 e. The number of aromatic nitrogens is 5. The van der Waals surface area contributed by atoms with Crippen LogP contribution in [0.15, 0.2) is 49.2 Å². The Labute approximate surface area is 227 Å². The van der Waals surface area contributed by atoms with Crippen molar-refractivity contribution in [3.05, 3.63) is 54.7 Å². The fourth-order valence-corrected chi connectivity index (χ4v) is 6.93. The quantitative estimate of drug-likeness (QED) is 0.414. The summed E-state index contributed by atoms with van der Waals surface area (Å²) in [6.07, 6.45) is 10.1. The van der Waals surface area contributed by atoms with Crippen LogP contribution in [-0.4, -0.2) is 66.2 Å². The van der Waals surface area contributed by atoms with Gasteiger partial charge in [0.25, 0.3) is 0 Å². The van der Waals surface area contributed by atoms with Crippen LogP contribution in [0.4, 0.5) is 10.6 Å². The number of aryl methyl sites for hydroxylation is 1. The van der Waals surface area contributed by atoms with Gasteiger partial charge >= 0.3 is 6.09 Å². The number of amides is 1. The zero-order valence-corrected chi connectivity index (χ0v) is 22.7. The Morgan fingerprint density at radius 1 is 1.08 bits per heavy atom. The number of hydrogen-bond donors (Lipinski definition) is 1. The number of likely N-dealkylation sites (tertiary alicyclic amines) is 1. The maximum absolute atomic E-state index is 12.0. The van der Waals surface area contributed by atoms with Crippen molar-refractivity contribution >= 4 is 17.4 Å². The number of hydrogen-bond acceptors (Lipinski definition) is 6. The summed E-state index contributed by atoms with van der Waals surface area (Å²) in [5, 5.41) is 28.3. The minimum absolute atomic E-state index is 0.0402. The van der Waals surface area contributed by atoms with Gasteiger partial charge in [0.1, 0.15) is 11.9 Å². The van der Waals surface area contributed by atoms with Gasteiger partial charge in [0.05, 0.1) is 23.5 Å². The molecule has 200 valence electrons. The van der Waals surface area contributed by atoms with Crippen molar-refractivity contribution < 1.29 is 9.90 Å². The lowest BCUT2D eigenvalue weighted by Crippen LogP contribution is -2.51. The standard InChI is InChI=1S/C29H32N8O2/c1-28(2,3)26-29(8-10-36(26)27(38)39)7-9-35(18-29)24-6-5-19(13-31-24)23-11-20(22-15-32-34(4)16-22)17-37-25(23)21(12-30)14-33-37/h5-6,11,13-17,26H,7-10,18H2,1-4H3,(H,38,39). The summed E-state index contributed by atoms with van der Waals surface area (Å²) in [6, 6.07) is 8.35. The molecule has 2 atom stereocenters. The van der Waals surface area contributed by atoms with E-state index in [4.69, 9.17) is 4.98 Å². The Balaban J connectivity index is 1.33. The molecule has 2 saturated heterocycles. The first-order valence-corrected chi connectivity index (χ1v) is 13.2. The van der Waals surface area contributed by atoms with Crippen LogP contribution in [0.2, 0.25) is 0 Å². The number of fused-ring (bicyclic) bond motifs is 1. The topological polar surface area (TPSA) is 116 Å². The highest BCUT2D eigenvalue weighted by molar-refractivity contribution is 5.87. The van der Waals surface area contributed by atoms with Gasteiger partial charge in [-0.3, -0.25) is 4.68 Å². The zero-order valence-electron chi connectivity index (χ0n) is 22.7. The highest BCUT2D eigenvalue weighted by Gasteiger charge is 2.56. The van der Waals surface area contributed by atoms with Crippen LogP contribution in [0, 0.1) is 22.2 Å². The van der Waals surface area contributed by atoms with E-state index in [0.717, 1.165) is 59.5 Å². The summed E-state index contributed by atoms with van der Waals surface area (Å²) in [7, 11) is 1.88. The summed E-state index contributed by atoms with van der Waals surface area (Å²) in [6.45, 7) is 8.63. The molecule has 1 spiro atoms. The minimum Gasteiger partial charge on any atom is -0.465 e. The van der Waals surface area contributed by atoms with Gasteiger partial charge in [-0.25, -0.2) is 14.3 Å². The van der Waals surface area contributed by atoms with E-state index in [-0.39, 0.29) is 16.9 Å². The number of rotatable bonds is 3. The van der Waals surface area contributed by atoms with Crippen molar-refractivity contribution in [2.45, 2.75) is 39.7 Å². The fourth-order valence-electron chi connectivity index (χ4n) is 6.93. The Morgan fingerprint density at radius 3 is 2.51 bits per heavy atom. The molecule has 6 rings (SSSR count). The molecule has 2 fully saturated rings. The first-order chi connectivity index (χ1) is 18.6. The van der Waals surface area contributed by atoms with Crippen molar-refractivity contribution in [2.24, 2.45) is 17.9 Å². The third kappa shape index (κ3) is 4.09. The highest BCUT2D eigenvalue weighted by atomic mass is 16.4. The average molecular weight is 525 g/mol. The van der Waals surface area contributed by atoms with E-state index in [2.05, 4.69) is 48.0 Å². The Bertz CT molecular complexity index is 1610. The van der Waals surface area contributed by atoms with E-state index in [9.17, 15) is 15.2 Å². The molecule has 6 heterocycles. The summed E-state index contributed by atoms with van der Waals surface area (Å²) >= 11 is 0. The SMILES string of the molecule is Cn1cc(-c2cc(-c3ccc(N4CCC5(CCN(C(=O)O)C5C(C)(C)C)C4)nc3)c3c(C#N)cnn3c2)cn1. The molecule has 0 aliphatic carbocycles. The number of anilines is 1. The third-order valence-electron chi connectivity index (χ3n) is 8.35. The third-order valence-corrected chi connectivity index (χ3v) is 8.35. The fraction of sp³-hybridized carbons (Fsp3) is 0.414. The normalized spacial score (nSPS) is 21.3. The van der Waals surface area contributed by atoms with Gasteiger partial charge in [-0.1, -0.05) is 20.8 Å². The van der Waals surface area contributed by atoms with E-state index in [0.29, 0.717) is 12.1 Å². The van der Waals surface area contributed by atoms with E-state index in [1.807, 2.05) is 44.0 Å². The molecule has 10 heteroatoms. The summed E-state index contributed by atoms with van der Waals surface area (Å²) in [4.78, 5) is 20.8. The van der Waals surface area contributed by atoms with Crippen LogP contribution in [-0.2, 0) is 7.05 Å². The minimum atomic E-state index is -0.829. The predicted octanol–water partition coefficient (Wildman–Crippen LogP) is 4.66. The second-order valence-electron chi connectivity index (χ2n) is 11.9. The van der Waals surface area contributed by atoms with Crippen LogP contribution < -0.4 is 4.90 Å². The molecule has 4 aromatic rings. The van der Waals surface area contributed by atoms with E-state index < -0.39 is 6.09 Å². The molecule has 2 unspecified atom stereocenters. The molecule has 10 nitrogen and oxygen atoms in total. The first-order valence-electron chi connectivity index (χ1n) is 13.2. The summed E-state index contributed by atoms with van der Waals surface area (Å²) in [5.41, 5.74) is 4.69. The van der Waals surface area contributed by atoms with E-state index in [1.165, 1.54) is 0 Å². The molecule has 0 radical (unpaired) electrons. The van der Waals surface area contributed by atoms with E-state index in [1.54, 1.807) is 20.3 Å². The molecule has 2 aliphatic heterocycles. The molecular formula is C29H32N8O2. The van der Waals surface area contributed by atoms with Crippen LogP contribution >= 0.6 is 0 Å². The summed E-state index contributed by atoms with van der Waals surface area (Å²) < 4.78 is 3.50. The Morgan fingerprint density at radius 2 is 1.87 bits per heavy atom. The van der Waals surface area contributed by atoms with Crippen LogP contribution in [0.5, 0.6) is 0 Å². The molecule has 0 bridgehead atoms.